The highest BCUT2D eigenvalue weighted by molar-refractivity contribution is 6.01. The summed E-state index contributed by atoms with van der Waals surface area (Å²) in [5.41, 5.74) is 12.0. The van der Waals surface area contributed by atoms with Crippen LogP contribution in [0, 0.1) is 5.41 Å². The first-order valence-corrected chi connectivity index (χ1v) is 10.9. The Balaban J connectivity index is 1.77. The highest BCUT2D eigenvalue weighted by atomic mass is 16.5. The molecule has 0 bridgehead atoms. The van der Waals surface area contributed by atoms with Crippen molar-refractivity contribution in [2.45, 2.75) is 13.1 Å². The molecule has 0 saturated heterocycles. The molecular formula is C25H35N7O. The van der Waals surface area contributed by atoms with Gasteiger partial charge in [0.15, 0.2) is 0 Å². The van der Waals surface area contributed by atoms with Gasteiger partial charge in [0.1, 0.15) is 11.9 Å². The van der Waals surface area contributed by atoms with Crippen LogP contribution in [0.1, 0.15) is 12.5 Å². The van der Waals surface area contributed by atoms with Crippen LogP contribution in [0.4, 0.5) is 22.7 Å². The first-order valence-electron chi connectivity index (χ1n) is 10.9. The van der Waals surface area contributed by atoms with Crippen LogP contribution in [-0.4, -0.2) is 58.1 Å². The van der Waals surface area contributed by atoms with Crippen molar-refractivity contribution in [1.29, 1.82) is 5.41 Å². The van der Waals surface area contributed by atoms with Crippen LogP contribution in [-0.2, 0) is 0 Å². The summed E-state index contributed by atoms with van der Waals surface area (Å²) < 4.78 is 5.66. The molecule has 1 atom stereocenters. The molecule has 0 fully saturated rings. The van der Waals surface area contributed by atoms with E-state index in [1.54, 1.807) is 14.0 Å². The number of hydrogen-bond donors (Lipinski definition) is 5. The molecule has 1 unspecified atom stereocenters. The molecule has 2 aromatic rings. The Bertz CT molecular complexity index is 1050. The number of dihydropyridines is 1. The average molecular weight is 450 g/mol. The summed E-state index contributed by atoms with van der Waals surface area (Å²) >= 11 is 0. The molecule has 8 nitrogen and oxygen atoms in total. The number of ether oxygens (including phenoxy) is 1. The van der Waals surface area contributed by atoms with Gasteiger partial charge in [0, 0.05) is 55.1 Å². The molecule has 1 aliphatic rings. The van der Waals surface area contributed by atoms with Gasteiger partial charge in [-0.05, 0) is 45.3 Å². The van der Waals surface area contributed by atoms with Gasteiger partial charge in [-0.25, -0.2) is 0 Å². The largest absolute Gasteiger partial charge is 0.495 e. The molecule has 0 saturated carbocycles. The topological polar surface area (TPSA) is 102 Å². The Kier molecular flexibility index (Phi) is 7.84. The maximum absolute atomic E-state index is 8.01. The highest BCUT2D eigenvalue weighted by Gasteiger charge is 2.16. The molecule has 2 aromatic carbocycles. The molecule has 1 heterocycles. The van der Waals surface area contributed by atoms with Crippen LogP contribution in [0.15, 0.2) is 60.4 Å². The van der Waals surface area contributed by atoms with Gasteiger partial charge in [0.05, 0.1) is 24.2 Å². The number of likely N-dealkylation sites (N-methyl/N-ethyl adjacent to an activating group) is 2. The number of rotatable bonds is 10. The number of hydrogen-bond acceptors (Lipinski definition) is 8. The number of nitrogens with zero attached hydrogens (tertiary/aromatic N) is 2. The third kappa shape index (κ3) is 6.20. The second-order valence-corrected chi connectivity index (χ2v) is 8.38. The van der Waals surface area contributed by atoms with Crippen molar-refractivity contribution >= 4 is 28.5 Å². The number of nitrogen functional groups attached to an aromatic ring is 1. The fraction of sp³-hybridized carbons (Fsp3) is 0.320. The lowest BCUT2D eigenvalue weighted by Gasteiger charge is -2.26. The van der Waals surface area contributed by atoms with E-state index in [9.17, 15) is 0 Å². The Morgan fingerprint density at radius 2 is 1.91 bits per heavy atom. The second-order valence-electron chi connectivity index (χ2n) is 8.38. The standard InChI is InChI=1S/C25H35N7O/c1-17(26)19-8-6-7-9-21(19)29-18-10-11-28-25(14-18)30-22-15-20(27)23(16-24(22)33-5)32(4)13-12-31(2)3/h6-11,14-16,25-26,28-30H,12-13,27H2,1-5H3. The fourth-order valence-electron chi connectivity index (χ4n) is 3.60. The van der Waals surface area contributed by atoms with Crippen LogP contribution in [0.3, 0.4) is 0 Å². The number of para-hydroxylation sites is 1. The van der Waals surface area contributed by atoms with E-state index < -0.39 is 0 Å². The fourth-order valence-corrected chi connectivity index (χ4v) is 3.60. The minimum atomic E-state index is -0.170. The SMILES string of the molecule is COc1cc(N(C)CCN(C)C)c(N)cc1NC1C=C(Nc2ccccc2C(C)=N)C=CN1. The minimum absolute atomic E-state index is 0.170. The lowest BCUT2D eigenvalue weighted by molar-refractivity contribution is 0.413. The monoisotopic (exact) mass is 449 g/mol. The third-order valence-electron chi connectivity index (χ3n) is 5.45. The van der Waals surface area contributed by atoms with E-state index in [0.29, 0.717) is 11.4 Å². The molecular weight excluding hydrogens is 414 g/mol. The molecule has 0 spiro atoms. The summed E-state index contributed by atoms with van der Waals surface area (Å²) in [7, 11) is 7.80. The van der Waals surface area contributed by atoms with E-state index in [1.807, 2.05) is 61.8 Å². The zero-order valence-electron chi connectivity index (χ0n) is 20.1. The Hall–Kier alpha value is -3.65. The molecule has 8 heteroatoms. The van der Waals surface area contributed by atoms with Gasteiger partial charge in [-0.3, -0.25) is 0 Å². The van der Waals surface area contributed by atoms with Gasteiger partial charge in [-0.1, -0.05) is 18.2 Å². The molecule has 0 radical (unpaired) electrons. The third-order valence-corrected chi connectivity index (χ3v) is 5.45. The molecule has 0 amide bonds. The zero-order valence-corrected chi connectivity index (χ0v) is 20.1. The predicted octanol–water partition coefficient (Wildman–Crippen LogP) is 3.51. The van der Waals surface area contributed by atoms with E-state index in [-0.39, 0.29) is 6.17 Å². The van der Waals surface area contributed by atoms with Crippen LogP contribution in [0.25, 0.3) is 0 Å². The van der Waals surface area contributed by atoms with Crippen molar-refractivity contribution in [3.8, 4) is 5.75 Å². The summed E-state index contributed by atoms with van der Waals surface area (Å²) in [6.45, 7) is 3.57. The maximum atomic E-state index is 8.01. The van der Waals surface area contributed by atoms with E-state index in [1.165, 1.54) is 0 Å². The van der Waals surface area contributed by atoms with Crippen molar-refractivity contribution in [2.75, 3.05) is 62.6 Å². The molecule has 33 heavy (non-hydrogen) atoms. The van der Waals surface area contributed by atoms with Crippen molar-refractivity contribution in [1.82, 2.24) is 10.2 Å². The predicted molar refractivity (Wildman–Crippen MR) is 140 cm³/mol. The van der Waals surface area contributed by atoms with E-state index in [0.717, 1.165) is 47.2 Å². The van der Waals surface area contributed by atoms with Gasteiger partial charge in [0.2, 0.25) is 0 Å². The van der Waals surface area contributed by atoms with E-state index in [4.69, 9.17) is 15.9 Å². The summed E-state index contributed by atoms with van der Waals surface area (Å²) in [6, 6.07) is 11.7. The second kappa shape index (κ2) is 10.8. The summed E-state index contributed by atoms with van der Waals surface area (Å²) in [5, 5.41) is 18.2. The van der Waals surface area contributed by atoms with Crippen molar-refractivity contribution < 1.29 is 4.74 Å². The summed E-state index contributed by atoms with van der Waals surface area (Å²) in [5.74, 6) is 0.722. The zero-order chi connectivity index (χ0) is 24.0. The summed E-state index contributed by atoms with van der Waals surface area (Å²) in [6.07, 6.45) is 5.72. The number of benzene rings is 2. The highest BCUT2D eigenvalue weighted by Crippen LogP contribution is 2.35. The number of allylic oxidation sites excluding steroid dienone is 1. The molecule has 1 aliphatic heterocycles. The van der Waals surface area contributed by atoms with Gasteiger partial charge in [-0.15, -0.1) is 0 Å². The quantitative estimate of drug-likeness (QED) is 0.279. The Morgan fingerprint density at radius 1 is 1.15 bits per heavy atom. The van der Waals surface area contributed by atoms with Crippen LogP contribution in [0.5, 0.6) is 5.75 Å². The number of nitrogens with two attached hydrogens (primary N) is 1. The van der Waals surface area contributed by atoms with E-state index >= 15 is 0 Å². The number of nitrogens with one attached hydrogen (secondary N) is 4. The molecule has 3 rings (SSSR count). The van der Waals surface area contributed by atoms with Crippen LogP contribution in [0.2, 0.25) is 0 Å². The smallest absolute Gasteiger partial charge is 0.144 e. The minimum Gasteiger partial charge on any atom is -0.495 e. The van der Waals surface area contributed by atoms with Crippen molar-refractivity contribution in [3.63, 3.8) is 0 Å². The summed E-state index contributed by atoms with van der Waals surface area (Å²) in [4.78, 5) is 4.27. The van der Waals surface area contributed by atoms with Gasteiger partial charge < -0.3 is 41.6 Å². The molecule has 0 aliphatic carbocycles. The number of methoxy groups -OCH3 is 1. The van der Waals surface area contributed by atoms with Crippen LogP contribution < -0.4 is 31.3 Å². The average Bonchev–Trinajstić information content (AvgIpc) is 2.78. The normalized spacial score (nSPS) is 15.0. The van der Waals surface area contributed by atoms with Crippen molar-refractivity contribution in [3.05, 3.63) is 66.0 Å². The number of anilines is 4. The van der Waals surface area contributed by atoms with E-state index in [2.05, 4.69) is 39.8 Å². The van der Waals surface area contributed by atoms with Crippen LogP contribution >= 0.6 is 0 Å². The first-order chi connectivity index (χ1) is 15.8. The molecule has 176 valence electrons. The maximum Gasteiger partial charge on any atom is 0.144 e. The lowest BCUT2D eigenvalue weighted by atomic mass is 10.1. The lowest BCUT2D eigenvalue weighted by Crippen LogP contribution is -2.34. The molecule has 6 N–H and O–H groups in total. The Morgan fingerprint density at radius 3 is 2.61 bits per heavy atom. The van der Waals surface area contributed by atoms with Gasteiger partial charge in [-0.2, -0.15) is 0 Å². The van der Waals surface area contributed by atoms with Gasteiger partial charge >= 0.3 is 0 Å². The Labute approximate surface area is 196 Å². The van der Waals surface area contributed by atoms with Gasteiger partial charge in [0.25, 0.3) is 0 Å². The first kappa shape index (κ1) is 24.0. The molecule has 0 aromatic heterocycles. The van der Waals surface area contributed by atoms with Crippen molar-refractivity contribution in [2.24, 2.45) is 0 Å².